The van der Waals surface area contributed by atoms with Crippen LogP contribution in [-0.2, 0) is 6.42 Å². The number of aromatic nitrogens is 1. The van der Waals surface area contributed by atoms with Crippen LogP contribution in [0, 0.1) is 5.92 Å². The van der Waals surface area contributed by atoms with Crippen molar-refractivity contribution in [2.45, 2.75) is 26.3 Å². The molecule has 0 saturated carbocycles. The standard InChI is InChI=1S/C11H18N2/c1-8(2)11-9-4-6-12-10(9)5-7-13(11)3/h4,6,8,11-12H,5,7H2,1-3H3/t11-/m1/s1. The Hall–Kier alpha value is -0.760. The van der Waals surface area contributed by atoms with Gasteiger partial charge in [0.25, 0.3) is 0 Å². The fourth-order valence-electron chi connectivity index (χ4n) is 2.44. The largest absolute Gasteiger partial charge is 0.365 e. The molecule has 0 unspecified atom stereocenters. The molecule has 1 aliphatic heterocycles. The highest BCUT2D eigenvalue weighted by molar-refractivity contribution is 5.27. The van der Waals surface area contributed by atoms with Gasteiger partial charge in [0.05, 0.1) is 0 Å². The smallest absolute Gasteiger partial charge is 0.0385 e. The maximum atomic E-state index is 3.34. The van der Waals surface area contributed by atoms with E-state index in [1.54, 1.807) is 0 Å². The minimum absolute atomic E-state index is 0.606. The first-order chi connectivity index (χ1) is 6.20. The van der Waals surface area contributed by atoms with Gasteiger partial charge in [0.1, 0.15) is 0 Å². The third-order valence-corrected chi connectivity index (χ3v) is 3.01. The quantitative estimate of drug-likeness (QED) is 0.698. The summed E-state index contributed by atoms with van der Waals surface area (Å²) < 4.78 is 0. The van der Waals surface area contributed by atoms with Crippen molar-refractivity contribution in [2.24, 2.45) is 5.92 Å². The Morgan fingerprint density at radius 1 is 1.54 bits per heavy atom. The summed E-state index contributed by atoms with van der Waals surface area (Å²) in [5, 5.41) is 0. The lowest BCUT2D eigenvalue weighted by molar-refractivity contribution is 0.181. The van der Waals surface area contributed by atoms with E-state index in [0.717, 1.165) is 0 Å². The number of nitrogens with one attached hydrogen (secondary N) is 1. The van der Waals surface area contributed by atoms with Gasteiger partial charge in [-0.3, -0.25) is 4.90 Å². The molecule has 1 aromatic rings. The molecule has 0 radical (unpaired) electrons. The molecule has 72 valence electrons. The molecule has 13 heavy (non-hydrogen) atoms. The number of hydrogen-bond donors (Lipinski definition) is 1. The van der Waals surface area contributed by atoms with E-state index in [2.05, 4.69) is 43.0 Å². The third kappa shape index (κ3) is 1.39. The summed E-state index contributed by atoms with van der Waals surface area (Å²) in [5.41, 5.74) is 2.94. The maximum Gasteiger partial charge on any atom is 0.0385 e. The molecule has 0 aliphatic carbocycles. The van der Waals surface area contributed by atoms with E-state index in [1.165, 1.54) is 24.2 Å². The Morgan fingerprint density at radius 3 is 3.00 bits per heavy atom. The van der Waals surface area contributed by atoms with Crippen LogP contribution in [0.25, 0.3) is 0 Å². The number of fused-ring (bicyclic) bond motifs is 1. The number of likely N-dealkylation sites (N-methyl/N-ethyl adjacent to an activating group) is 1. The zero-order valence-corrected chi connectivity index (χ0v) is 8.67. The van der Waals surface area contributed by atoms with Crippen molar-refractivity contribution in [1.29, 1.82) is 0 Å². The molecule has 0 fully saturated rings. The lowest BCUT2D eigenvalue weighted by Gasteiger charge is -2.35. The molecule has 1 aromatic heterocycles. The second kappa shape index (κ2) is 3.18. The minimum atomic E-state index is 0.606. The number of nitrogens with zero attached hydrogens (tertiary/aromatic N) is 1. The van der Waals surface area contributed by atoms with Gasteiger partial charge in [-0.05, 0) is 24.6 Å². The Labute approximate surface area is 79.9 Å². The van der Waals surface area contributed by atoms with Gasteiger partial charge >= 0.3 is 0 Å². The van der Waals surface area contributed by atoms with Crippen LogP contribution < -0.4 is 0 Å². The third-order valence-electron chi connectivity index (χ3n) is 3.01. The van der Waals surface area contributed by atoms with E-state index in [9.17, 15) is 0 Å². The van der Waals surface area contributed by atoms with Crippen LogP contribution in [0.4, 0.5) is 0 Å². The summed E-state index contributed by atoms with van der Waals surface area (Å²) in [5.74, 6) is 0.694. The minimum Gasteiger partial charge on any atom is -0.365 e. The lowest BCUT2D eigenvalue weighted by Crippen LogP contribution is -2.34. The molecule has 2 heteroatoms. The Bertz CT molecular complexity index is 288. The van der Waals surface area contributed by atoms with Crippen LogP contribution in [0.3, 0.4) is 0 Å². The fourth-order valence-corrected chi connectivity index (χ4v) is 2.44. The van der Waals surface area contributed by atoms with Crippen molar-refractivity contribution in [1.82, 2.24) is 9.88 Å². The van der Waals surface area contributed by atoms with Gasteiger partial charge in [0.15, 0.2) is 0 Å². The molecule has 1 atom stereocenters. The molecule has 0 aromatic carbocycles. The molecule has 1 N–H and O–H groups in total. The van der Waals surface area contributed by atoms with Gasteiger partial charge in [-0.2, -0.15) is 0 Å². The van der Waals surface area contributed by atoms with Crippen LogP contribution in [0.1, 0.15) is 31.1 Å². The number of H-pyrrole nitrogens is 1. The fraction of sp³-hybridized carbons (Fsp3) is 0.636. The highest BCUT2D eigenvalue weighted by Gasteiger charge is 2.27. The van der Waals surface area contributed by atoms with Crippen LogP contribution in [-0.4, -0.2) is 23.5 Å². The predicted octanol–water partition coefficient (Wildman–Crippen LogP) is 2.20. The summed E-state index contributed by atoms with van der Waals surface area (Å²) in [6.45, 7) is 5.77. The Balaban J connectivity index is 2.36. The molecule has 2 nitrogen and oxygen atoms in total. The SMILES string of the molecule is CC(C)[C@@H]1c2cc[nH]c2CCN1C. The number of aromatic amines is 1. The van der Waals surface area contributed by atoms with Crippen molar-refractivity contribution in [3.05, 3.63) is 23.5 Å². The van der Waals surface area contributed by atoms with E-state index < -0.39 is 0 Å². The van der Waals surface area contributed by atoms with Crippen LogP contribution >= 0.6 is 0 Å². The van der Waals surface area contributed by atoms with Crippen LogP contribution in [0.5, 0.6) is 0 Å². The first-order valence-electron chi connectivity index (χ1n) is 5.06. The zero-order valence-electron chi connectivity index (χ0n) is 8.67. The van der Waals surface area contributed by atoms with Gasteiger partial charge in [-0.1, -0.05) is 13.8 Å². The molecule has 0 saturated heterocycles. The van der Waals surface area contributed by atoms with Crippen molar-refractivity contribution in [3.8, 4) is 0 Å². The lowest BCUT2D eigenvalue weighted by atomic mass is 9.91. The second-order valence-corrected chi connectivity index (χ2v) is 4.33. The Morgan fingerprint density at radius 2 is 2.31 bits per heavy atom. The van der Waals surface area contributed by atoms with Crippen molar-refractivity contribution < 1.29 is 0 Å². The van der Waals surface area contributed by atoms with E-state index in [4.69, 9.17) is 0 Å². The van der Waals surface area contributed by atoms with Gasteiger partial charge in [-0.15, -0.1) is 0 Å². The average Bonchev–Trinajstić information content (AvgIpc) is 2.50. The van der Waals surface area contributed by atoms with E-state index in [0.29, 0.717) is 12.0 Å². The van der Waals surface area contributed by atoms with Crippen molar-refractivity contribution in [2.75, 3.05) is 13.6 Å². The highest BCUT2D eigenvalue weighted by atomic mass is 15.1. The molecular formula is C11H18N2. The summed E-state index contributed by atoms with van der Waals surface area (Å²) in [6.07, 6.45) is 3.24. The second-order valence-electron chi connectivity index (χ2n) is 4.33. The number of rotatable bonds is 1. The number of hydrogen-bond acceptors (Lipinski definition) is 1. The summed E-state index contributed by atoms with van der Waals surface area (Å²) in [4.78, 5) is 5.80. The van der Waals surface area contributed by atoms with E-state index in [-0.39, 0.29) is 0 Å². The molecule has 0 bridgehead atoms. The molecule has 1 aliphatic rings. The first kappa shape index (κ1) is 8.82. The highest BCUT2D eigenvalue weighted by Crippen LogP contribution is 2.33. The molecule has 2 heterocycles. The maximum absolute atomic E-state index is 3.34. The van der Waals surface area contributed by atoms with E-state index in [1.807, 2.05) is 0 Å². The van der Waals surface area contributed by atoms with Crippen molar-refractivity contribution in [3.63, 3.8) is 0 Å². The summed E-state index contributed by atoms with van der Waals surface area (Å²) in [6, 6.07) is 2.84. The Kier molecular flexibility index (Phi) is 2.16. The van der Waals surface area contributed by atoms with Gasteiger partial charge in [0.2, 0.25) is 0 Å². The normalized spacial score (nSPS) is 23.5. The zero-order chi connectivity index (χ0) is 9.42. The van der Waals surface area contributed by atoms with Crippen LogP contribution in [0.15, 0.2) is 12.3 Å². The van der Waals surface area contributed by atoms with E-state index >= 15 is 0 Å². The predicted molar refractivity (Wildman–Crippen MR) is 54.7 cm³/mol. The molecule has 0 amide bonds. The first-order valence-corrected chi connectivity index (χ1v) is 5.06. The monoisotopic (exact) mass is 178 g/mol. The summed E-state index contributed by atoms with van der Waals surface area (Å²) in [7, 11) is 2.22. The molecule has 2 rings (SSSR count). The molecule has 0 spiro atoms. The molecular weight excluding hydrogens is 160 g/mol. The van der Waals surface area contributed by atoms with Gasteiger partial charge < -0.3 is 4.98 Å². The summed E-state index contributed by atoms with van der Waals surface area (Å²) >= 11 is 0. The topological polar surface area (TPSA) is 19.0 Å². The van der Waals surface area contributed by atoms with Gasteiger partial charge in [0, 0.05) is 30.9 Å². The van der Waals surface area contributed by atoms with Crippen molar-refractivity contribution >= 4 is 0 Å². The van der Waals surface area contributed by atoms with Crippen LogP contribution in [0.2, 0.25) is 0 Å². The van der Waals surface area contributed by atoms with Gasteiger partial charge in [-0.25, -0.2) is 0 Å². The average molecular weight is 178 g/mol.